The SMILES string of the molecule is CN(C)C(=O)c1cc(NC2CCS(=O)(=O)C2)ccc1Cl. The van der Waals surface area contributed by atoms with Crippen molar-refractivity contribution in [2.75, 3.05) is 30.9 Å². The molecule has 2 rings (SSSR count). The van der Waals surface area contributed by atoms with Crippen LogP contribution >= 0.6 is 11.6 Å². The van der Waals surface area contributed by atoms with Gasteiger partial charge in [0.1, 0.15) is 0 Å². The summed E-state index contributed by atoms with van der Waals surface area (Å²) in [7, 11) is 0.383. The first-order valence-corrected chi connectivity index (χ1v) is 8.46. The van der Waals surface area contributed by atoms with Gasteiger partial charge in [0.25, 0.3) is 5.91 Å². The molecule has 1 aliphatic heterocycles. The maximum atomic E-state index is 12.0. The van der Waals surface area contributed by atoms with Gasteiger partial charge >= 0.3 is 0 Å². The number of hydrogen-bond acceptors (Lipinski definition) is 4. The number of nitrogens with one attached hydrogen (secondary N) is 1. The van der Waals surface area contributed by atoms with Gasteiger partial charge in [0.2, 0.25) is 0 Å². The van der Waals surface area contributed by atoms with Crippen molar-refractivity contribution in [2.45, 2.75) is 12.5 Å². The molecule has 1 aromatic rings. The van der Waals surface area contributed by atoms with Gasteiger partial charge in [-0.1, -0.05) is 11.6 Å². The quantitative estimate of drug-likeness (QED) is 0.920. The highest BCUT2D eigenvalue weighted by Crippen LogP contribution is 2.24. The first-order chi connectivity index (χ1) is 9.28. The van der Waals surface area contributed by atoms with Gasteiger partial charge in [-0.2, -0.15) is 0 Å². The molecule has 0 saturated carbocycles. The van der Waals surface area contributed by atoms with Gasteiger partial charge in [0.05, 0.1) is 22.1 Å². The molecule has 1 heterocycles. The average Bonchev–Trinajstić information content (AvgIpc) is 2.70. The first-order valence-electron chi connectivity index (χ1n) is 6.27. The van der Waals surface area contributed by atoms with E-state index in [2.05, 4.69) is 5.32 Å². The van der Waals surface area contributed by atoms with E-state index in [4.69, 9.17) is 11.6 Å². The van der Waals surface area contributed by atoms with Crippen molar-refractivity contribution in [3.05, 3.63) is 28.8 Å². The molecule has 20 heavy (non-hydrogen) atoms. The highest BCUT2D eigenvalue weighted by atomic mass is 35.5. The molecule has 1 fully saturated rings. The number of nitrogens with zero attached hydrogens (tertiary/aromatic N) is 1. The Labute approximate surface area is 123 Å². The number of amides is 1. The van der Waals surface area contributed by atoms with Gasteiger partial charge in [0.15, 0.2) is 9.84 Å². The minimum absolute atomic E-state index is 0.108. The van der Waals surface area contributed by atoms with E-state index in [1.54, 1.807) is 32.3 Å². The molecule has 7 heteroatoms. The van der Waals surface area contributed by atoms with E-state index in [0.29, 0.717) is 22.7 Å². The van der Waals surface area contributed by atoms with Crippen molar-refractivity contribution < 1.29 is 13.2 Å². The highest BCUT2D eigenvalue weighted by molar-refractivity contribution is 7.91. The van der Waals surface area contributed by atoms with Gasteiger partial charge in [-0.15, -0.1) is 0 Å². The number of carbonyl (C=O) groups is 1. The lowest BCUT2D eigenvalue weighted by atomic mass is 10.1. The highest BCUT2D eigenvalue weighted by Gasteiger charge is 2.27. The van der Waals surface area contributed by atoms with Crippen LogP contribution in [0, 0.1) is 0 Å². The Balaban J connectivity index is 2.18. The molecule has 0 aromatic heterocycles. The summed E-state index contributed by atoms with van der Waals surface area (Å²) in [5, 5.41) is 3.53. The minimum Gasteiger partial charge on any atom is -0.381 e. The molecule has 1 N–H and O–H groups in total. The number of sulfone groups is 1. The third-order valence-electron chi connectivity index (χ3n) is 3.21. The second-order valence-corrected chi connectivity index (χ2v) is 7.77. The molecule has 0 bridgehead atoms. The summed E-state index contributed by atoms with van der Waals surface area (Å²) in [6, 6.07) is 4.95. The largest absolute Gasteiger partial charge is 0.381 e. The van der Waals surface area contributed by atoms with Crippen molar-refractivity contribution in [2.24, 2.45) is 0 Å². The molecule has 0 aliphatic carbocycles. The fourth-order valence-corrected chi connectivity index (χ4v) is 4.04. The normalized spacial score (nSPS) is 20.6. The molecule has 0 spiro atoms. The molecular formula is C13H17ClN2O3S. The molecular weight excluding hydrogens is 300 g/mol. The molecule has 1 atom stereocenters. The number of carbonyl (C=O) groups excluding carboxylic acids is 1. The first kappa shape index (κ1) is 15.1. The zero-order valence-corrected chi connectivity index (χ0v) is 13.0. The van der Waals surface area contributed by atoms with Crippen LogP contribution in [0.25, 0.3) is 0 Å². The number of anilines is 1. The Morgan fingerprint density at radius 3 is 2.65 bits per heavy atom. The zero-order chi connectivity index (χ0) is 14.9. The summed E-state index contributed by atoms with van der Waals surface area (Å²) in [6.45, 7) is 0. The van der Waals surface area contributed by atoms with Crippen LogP contribution in [0.2, 0.25) is 5.02 Å². The standard InChI is InChI=1S/C13H17ClN2O3S/c1-16(2)13(17)11-7-9(3-4-12(11)14)15-10-5-6-20(18,19)8-10/h3-4,7,10,15H,5-6,8H2,1-2H3. The topological polar surface area (TPSA) is 66.5 Å². The fourth-order valence-electron chi connectivity index (χ4n) is 2.16. The Morgan fingerprint density at radius 1 is 1.40 bits per heavy atom. The average molecular weight is 317 g/mol. The fraction of sp³-hybridized carbons (Fsp3) is 0.462. The van der Waals surface area contributed by atoms with E-state index >= 15 is 0 Å². The van der Waals surface area contributed by atoms with Gasteiger partial charge < -0.3 is 10.2 Å². The van der Waals surface area contributed by atoms with Crippen molar-refractivity contribution in [3.8, 4) is 0 Å². The predicted octanol–water partition coefficient (Wildman–Crippen LogP) is 1.64. The molecule has 1 aliphatic rings. The summed E-state index contributed by atoms with van der Waals surface area (Å²) in [5.74, 6) is 0.159. The Morgan fingerprint density at radius 2 is 2.10 bits per heavy atom. The zero-order valence-electron chi connectivity index (χ0n) is 11.4. The molecule has 1 unspecified atom stereocenters. The Hall–Kier alpha value is -1.27. The van der Waals surface area contributed by atoms with Crippen LogP contribution in [0.1, 0.15) is 16.8 Å². The van der Waals surface area contributed by atoms with Crippen LogP contribution in [-0.4, -0.2) is 50.9 Å². The maximum Gasteiger partial charge on any atom is 0.254 e. The summed E-state index contributed by atoms with van der Waals surface area (Å²) >= 11 is 6.03. The van der Waals surface area contributed by atoms with E-state index in [9.17, 15) is 13.2 Å². The lowest BCUT2D eigenvalue weighted by Gasteiger charge is -2.16. The second kappa shape index (κ2) is 5.61. The maximum absolute atomic E-state index is 12.0. The molecule has 1 aromatic carbocycles. The van der Waals surface area contributed by atoms with Crippen LogP contribution in [0.5, 0.6) is 0 Å². The lowest BCUT2D eigenvalue weighted by molar-refractivity contribution is 0.0828. The third kappa shape index (κ3) is 3.43. The van der Waals surface area contributed by atoms with E-state index in [1.807, 2.05) is 0 Å². The second-order valence-electron chi connectivity index (χ2n) is 5.14. The Bertz CT molecular complexity index is 629. The van der Waals surface area contributed by atoms with E-state index in [-0.39, 0.29) is 23.5 Å². The number of benzene rings is 1. The predicted molar refractivity (Wildman–Crippen MR) is 80.2 cm³/mol. The summed E-state index contributed by atoms with van der Waals surface area (Å²) in [6.07, 6.45) is 0.585. The monoisotopic (exact) mass is 316 g/mol. The molecule has 0 radical (unpaired) electrons. The molecule has 110 valence electrons. The molecule has 5 nitrogen and oxygen atoms in total. The van der Waals surface area contributed by atoms with Gasteiger partial charge in [-0.05, 0) is 24.6 Å². The summed E-state index contributed by atoms with van der Waals surface area (Å²) in [5.41, 5.74) is 1.12. The van der Waals surface area contributed by atoms with E-state index in [0.717, 1.165) is 0 Å². The molecule has 1 saturated heterocycles. The number of hydrogen-bond donors (Lipinski definition) is 1. The smallest absolute Gasteiger partial charge is 0.254 e. The minimum atomic E-state index is -2.93. The van der Waals surface area contributed by atoms with Crippen molar-refractivity contribution in [3.63, 3.8) is 0 Å². The molecule has 1 amide bonds. The van der Waals surface area contributed by atoms with Gasteiger partial charge in [-0.25, -0.2) is 8.42 Å². The Kier molecular flexibility index (Phi) is 4.25. The van der Waals surface area contributed by atoms with Crippen LogP contribution in [-0.2, 0) is 9.84 Å². The van der Waals surface area contributed by atoms with Crippen molar-refractivity contribution in [1.82, 2.24) is 4.90 Å². The van der Waals surface area contributed by atoms with Crippen LogP contribution in [0.3, 0.4) is 0 Å². The van der Waals surface area contributed by atoms with Gasteiger partial charge in [0, 0.05) is 25.8 Å². The lowest BCUT2D eigenvalue weighted by Crippen LogP contribution is -2.23. The van der Waals surface area contributed by atoms with Crippen LogP contribution < -0.4 is 5.32 Å². The van der Waals surface area contributed by atoms with Crippen LogP contribution in [0.4, 0.5) is 5.69 Å². The van der Waals surface area contributed by atoms with Crippen molar-refractivity contribution in [1.29, 1.82) is 0 Å². The number of halogens is 1. The van der Waals surface area contributed by atoms with E-state index in [1.165, 1.54) is 4.90 Å². The van der Waals surface area contributed by atoms with Crippen LogP contribution in [0.15, 0.2) is 18.2 Å². The van der Waals surface area contributed by atoms with E-state index < -0.39 is 9.84 Å². The third-order valence-corrected chi connectivity index (χ3v) is 5.30. The summed E-state index contributed by atoms with van der Waals surface area (Å²) < 4.78 is 22.9. The summed E-state index contributed by atoms with van der Waals surface area (Å²) in [4.78, 5) is 13.4. The van der Waals surface area contributed by atoms with Crippen molar-refractivity contribution >= 4 is 33.0 Å². The number of rotatable bonds is 3. The van der Waals surface area contributed by atoms with Gasteiger partial charge in [-0.3, -0.25) is 4.79 Å².